The Hall–Kier alpha value is -1.13. The van der Waals surface area contributed by atoms with Crippen LogP contribution >= 0.6 is 11.6 Å². The summed E-state index contributed by atoms with van der Waals surface area (Å²) in [5, 5.41) is 3.57. The summed E-state index contributed by atoms with van der Waals surface area (Å²) in [6, 6.07) is 4.30. The van der Waals surface area contributed by atoms with Crippen molar-refractivity contribution < 1.29 is 4.79 Å². The standard InChI is InChI=1S/C15H20ClN3O/c1-2-11-8-10(9-14(16)17-11)15(20)18-12-5-7-19-6-3-4-13(12)19/h8-9,12-13H,2-7H2,1H3,(H,18,20). The summed E-state index contributed by atoms with van der Waals surface area (Å²) in [6.07, 6.45) is 4.27. The van der Waals surface area contributed by atoms with Gasteiger partial charge < -0.3 is 5.32 Å². The number of fused-ring (bicyclic) bond motifs is 1. The van der Waals surface area contributed by atoms with Crippen LogP contribution in [0.15, 0.2) is 12.1 Å². The first-order valence-electron chi connectivity index (χ1n) is 7.38. The molecule has 2 aliphatic heterocycles. The van der Waals surface area contributed by atoms with Gasteiger partial charge in [-0.15, -0.1) is 0 Å². The lowest BCUT2D eigenvalue weighted by molar-refractivity contribution is 0.0929. The largest absolute Gasteiger partial charge is 0.348 e. The molecule has 2 aliphatic rings. The summed E-state index contributed by atoms with van der Waals surface area (Å²) >= 11 is 5.98. The first kappa shape index (κ1) is 13.8. The van der Waals surface area contributed by atoms with Gasteiger partial charge in [0.2, 0.25) is 0 Å². The van der Waals surface area contributed by atoms with Crippen molar-refractivity contribution in [2.45, 2.75) is 44.7 Å². The molecule has 1 aromatic heterocycles. The number of rotatable bonds is 3. The van der Waals surface area contributed by atoms with E-state index >= 15 is 0 Å². The zero-order valence-electron chi connectivity index (χ0n) is 11.7. The molecule has 4 nitrogen and oxygen atoms in total. The molecule has 0 aliphatic carbocycles. The fraction of sp³-hybridized carbons (Fsp3) is 0.600. The van der Waals surface area contributed by atoms with Crippen LogP contribution in [0.4, 0.5) is 0 Å². The number of amides is 1. The molecule has 2 unspecified atom stereocenters. The van der Waals surface area contributed by atoms with Crippen molar-refractivity contribution in [3.8, 4) is 0 Å². The number of nitrogens with one attached hydrogen (secondary N) is 1. The van der Waals surface area contributed by atoms with Crippen LogP contribution in [0.1, 0.15) is 42.2 Å². The molecule has 20 heavy (non-hydrogen) atoms. The summed E-state index contributed by atoms with van der Waals surface area (Å²) in [6.45, 7) is 4.29. The van der Waals surface area contributed by atoms with Crippen LogP contribution in [0, 0.1) is 0 Å². The number of hydrogen-bond donors (Lipinski definition) is 1. The maximum atomic E-state index is 12.4. The molecule has 2 atom stereocenters. The second-order valence-electron chi connectivity index (χ2n) is 5.64. The highest BCUT2D eigenvalue weighted by Crippen LogP contribution is 2.28. The van der Waals surface area contributed by atoms with Gasteiger partial charge in [-0.25, -0.2) is 4.98 Å². The highest BCUT2D eigenvalue weighted by atomic mass is 35.5. The van der Waals surface area contributed by atoms with Gasteiger partial charge in [0.1, 0.15) is 5.15 Å². The maximum absolute atomic E-state index is 12.4. The normalized spacial score (nSPS) is 25.7. The van der Waals surface area contributed by atoms with Gasteiger partial charge in [-0.2, -0.15) is 0 Å². The predicted octanol–water partition coefficient (Wildman–Crippen LogP) is 2.26. The van der Waals surface area contributed by atoms with Gasteiger partial charge in [0.25, 0.3) is 5.91 Å². The van der Waals surface area contributed by atoms with Crippen LogP contribution in [0.2, 0.25) is 5.15 Å². The molecule has 5 heteroatoms. The molecule has 0 aromatic carbocycles. The van der Waals surface area contributed by atoms with Crippen LogP contribution in [-0.2, 0) is 6.42 Å². The number of halogens is 1. The van der Waals surface area contributed by atoms with Crippen molar-refractivity contribution in [3.05, 3.63) is 28.5 Å². The number of nitrogens with zero attached hydrogens (tertiary/aromatic N) is 2. The van der Waals surface area contributed by atoms with Crippen molar-refractivity contribution >= 4 is 17.5 Å². The Balaban J connectivity index is 1.71. The van der Waals surface area contributed by atoms with Crippen LogP contribution in [0.3, 0.4) is 0 Å². The lowest BCUT2D eigenvalue weighted by Crippen LogP contribution is -2.42. The Morgan fingerprint density at radius 2 is 2.30 bits per heavy atom. The first-order chi connectivity index (χ1) is 9.67. The smallest absolute Gasteiger partial charge is 0.251 e. The number of pyridine rings is 1. The minimum absolute atomic E-state index is 0.0252. The fourth-order valence-electron chi connectivity index (χ4n) is 3.37. The van der Waals surface area contributed by atoms with Crippen molar-refractivity contribution in [2.75, 3.05) is 13.1 Å². The van der Waals surface area contributed by atoms with Gasteiger partial charge in [0.05, 0.1) is 0 Å². The highest BCUT2D eigenvalue weighted by Gasteiger charge is 2.37. The number of carbonyl (C=O) groups is 1. The molecule has 0 radical (unpaired) electrons. The summed E-state index contributed by atoms with van der Waals surface area (Å²) < 4.78 is 0. The van der Waals surface area contributed by atoms with Gasteiger partial charge in [-0.1, -0.05) is 18.5 Å². The third-order valence-electron chi connectivity index (χ3n) is 4.39. The Morgan fingerprint density at radius 1 is 1.45 bits per heavy atom. The monoisotopic (exact) mass is 293 g/mol. The molecule has 1 amide bonds. The fourth-order valence-corrected chi connectivity index (χ4v) is 3.59. The van der Waals surface area contributed by atoms with Crippen molar-refractivity contribution in [1.29, 1.82) is 0 Å². The van der Waals surface area contributed by atoms with Gasteiger partial charge >= 0.3 is 0 Å². The Kier molecular flexibility index (Phi) is 3.94. The Bertz CT molecular complexity index is 520. The lowest BCUT2D eigenvalue weighted by Gasteiger charge is -2.21. The molecular formula is C15H20ClN3O. The van der Waals surface area contributed by atoms with E-state index in [1.807, 2.05) is 13.0 Å². The van der Waals surface area contributed by atoms with E-state index in [0.29, 0.717) is 16.8 Å². The van der Waals surface area contributed by atoms with E-state index in [1.165, 1.54) is 19.4 Å². The van der Waals surface area contributed by atoms with E-state index in [1.54, 1.807) is 6.07 Å². The van der Waals surface area contributed by atoms with E-state index in [0.717, 1.165) is 25.1 Å². The minimum atomic E-state index is -0.0252. The molecule has 0 bridgehead atoms. The predicted molar refractivity (Wildman–Crippen MR) is 79.1 cm³/mol. The SMILES string of the molecule is CCc1cc(C(=O)NC2CCN3CCCC23)cc(Cl)n1. The molecular weight excluding hydrogens is 274 g/mol. The molecule has 0 spiro atoms. The number of aromatic nitrogens is 1. The topological polar surface area (TPSA) is 45.2 Å². The zero-order chi connectivity index (χ0) is 14.1. The molecule has 0 saturated carbocycles. The van der Waals surface area contributed by atoms with E-state index in [9.17, 15) is 4.79 Å². The summed E-state index contributed by atoms with van der Waals surface area (Å²) in [5.41, 5.74) is 1.48. The first-order valence-corrected chi connectivity index (χ1v) is 7.76. The highest BCUT2D eigenvalue weighted by molar-refractivity contribution is 6.29. The third-order valence-corrected chi connectivity index (χ3v) is 4.59. The van der Waals surface area contributed by atoms with Crippen LogP contribution in [0.5, 0.6) is 0 Å². The van der Waals surface area contributed by atoms with E-state index < -0.39 is 0 Å². The molecule has 2 fully saturated rings. The number of carbonyl (C=O) groups excluding carboxylic acids is 1. The maximum Gasteiger partial charge on any atom is 0.251 e. The van der Waals surface area contributed by atoms with Crippen molar-refractivity contribution in [2.24, 2.45) is 0 Å². The van der Waals surface area contributed by atoms with Gasteiger partial charge in [0, 0.05) is 29.9 Å². The number of hydrogen-bond acceptors (Lipinski definition) is 3. The van der Waals surface area contributed by atoms with E-state index in [2.05, 4.69) is 15.2 Å². The van der Waals surface area contributed by atoms with Gasteiger partial charge in [0.15, 0.2) is 0 Å². The lowest BCUT2D eigenvalue weighted by atomic mass is 10.1. The molecule has 2 saturated heterocycles. The van der Waals surface area contributed by atoms with Crippen LogP contribution < -0.4 is 5.32 Å². The quantitative estimate of drug-likeness (QED) is 0.870. The van der Waals surface area contributed by atoms with E-state index in [-0.39, 0.29) is 11.9 Å². The van der Waals surface area contributed by atoms with Crippen molar-refractivity contribution in [3.63, 3.8) is 0 Å². The van der Waals surface area contributed by atoms with Crippen LogP contribution in [-0.4, -0.2) is 41.0 Å². The average Bonchev–Trinajstić information content (AvgIpc) is 3.03. The summed E-state index contributed by atoms with van der Waals surface area (Å²) in [5.74, 6) is -0.0252. The number of aryl methyl sites for hydroxylation is 1. The van der Waals surface area contributed by atoms with Crippen molar-refractivity contribution in [1.82, 2.24) is 15.2 Å². The van der Waals surface area contributed by atoms with Gasteiger partial charge in [-0.05, 0) is 44.4 Å². The second kappa shape index (κ2) is 5.70. The molecule has 1 N–H and O–H groups in total. The molecule has 1 aromatic rings. The summed E-state index contributed by atoms with van der Waals surface area (Å²) in [7, 11) is 0. The zero-order valence-corrected chi connectivity index (χ0v) is 12.5. The molecule has 3 rings (SSSR count). The second-order valence-corrected chi connectivity index (χ2v) is 6.02. The van der Waals surface area contributed by atoms with E-state index in [4.69, 9.17) is 11.6 Å². The molecule has 108 valence electrons. The Morgan fingerprint density at radius 3 is 3.10 bits per heavy atom. The minimum Gasteiger partial charge on any atom is -0.348 e. The Labute approximate surface area is 124 Å². The van der Waals surface area contributed by atoms with Crippen LogP contribution in [0.25, 0.3) is 0 Å². The average molecular weight is 294 g/mol. The third kappa shape index (κ3) is 2.67. The molecule has 3 heterocycles. The summed E-state index contributed by atoms with van der Waals surface area (Å²) in [4.78, 5) is 19.1. The van der Waals surface area contributed by atoms with Gasteiger partial charge in [-0.3, -0.25) is 9.69 Å².